The fourth-order valence-electron chi connectivity index (χ4n) is 8.54. The van der Waals surface area contributed by atoms with Crippen LogP contribution in [0.15, 0.2) is 97.1 Å². The van der Waals surface area contributed by atoms with Crippen LogP contribution in [-0.2, 0) is 48.9 Å². The second kappa shape index (κ2) is 16.2. The Bertz CT molecular complexity index is 2360. The van der Waals surface area contributed by atoms with Gasteiger partial charge in [-0.15, -0.1) is 0 Å². The van der Waals surface area contributed by atoms with E-state index in [2.05, 4.69) is 35.2 Å². The maximum absolute atomic E-state index is 15.4. The van der Waals surface area contributed by atoms with Gasteiger partial charge in [0.1, 0.15) is 0 Å². The zero-order valence-corrected chi connectivity index (χ0v) is 32.9. The summed E-state index contributed by atoms with van der Waals surface area (Å²) in [6.07, 6.45) is 1.63. The van der Waals surface area contributed by atoms with E-state index >= 15 is 4.79 Å². The lowest BCUT2D eigenvalue weighted by Gasteiger charge is -2.41. The van der Waals surface area contributed by atoms with E-state index in [1.165, 1.54) is 5.56 Å². The van der Waals surface area contributed by atoms with Crippen LogP contribution in [-0.4, -0.2) is 89.5 Å². The van der Waals surface area contributed by atoms with Gasteiger partial charge in [-0.1, -0.05) is 54.6 Å². The molecule has 4 aromatic carbocycles. The molecule has 0 radical (unpaired) electrons. The van der Waals surface area contributed by atoms with Gasteiger partial charge in [0.05, 0.1) is 36.8 Å². The van der Waals surface area contributed by atoms with Crippen molar-refractivity contribution in [3.8, 4) is 17.3 Å². The number of aromatic nitrogens is 1. The minimum absolute atomic E-state index is 0.00396. The number of hydrogen-bond donors (Lipinski definition) is 0. The van der Waals surface area contributed by atoms with Gasteiger partial charge in [0.25, 0.3) is 11.8 Å². The van der Waals surface area contributed by atoms with Crippen molar-refractivity contribution >= 4 is 23.4 Å². The summed E-state index contributed by atoms with van der Waals surface area (Å²) in [5, 5.41) is 9.22. The summed E-state index contributed by atoms with van der Waals surface area (Å²) >= 11 is 0. The average molecular weight is 761 g/mol. The predicted molar refractivity (Wildman–Crippen MR) is 220 cm³/mol. The molecule has 10 heteroatoms. The van der Waals surface area contributed by atoms with E-state index in [-0.39, 0.29) is 30.2 Å². The first-order chi connectivity index (χ1) is 27.7. The van der Waals surface area contributed by atoms with Gasteiger partial charge in [0.15, 0.2) is 0 Å². The molecule has 0 spiro atoms. The number of carbonyl (C=O) groups excluding carboxylic acids is 3. The molecule has 0 aliphatic carbocycles. The number of benzene rings is 4. The molecular weight excluding hydrogens is 713 g/mol. The number of rotatable bonds is 8. The van der Waals surface area contributed by atoms with E-state index in [0.717, 1.165) is 70.9 Å². The number of fused-ring (bicyclic) bond motifs is 2. The van der Waals surface area contributed by atoms with Crippen molar-refractivity contribution in [3.05, 3.63) is 147 Å². The van der Waals surface area contributed by atoms with Crippen LogP contribution in [0, 0.1) is 18.3 Å². The number of hydrogen-bond acceptors (Lipinski definition) is 6. The van der Waals surface area contributed by atoms with Crippen LogP contribution < -0.4 is 4.90 Å². The number of nitrogens with zero attached hydrogens (tertiary/aromatic N) is 6. The first-order valence-corrected chi connectivity index (χ1v) is 19.8. The molecular formula is C47H48N6O4. The fourth-order valence-corrected chi connectivity index (χ4v) is 8.54. The summed E-state index contributed by atoms with van der Waals surface area (Å²) in [5.41, 5.74) is 10.2. The highest BCUT2D eigenvalue weighted by Gasteiger charge is 2.35. The van der Waals surface area contributed by atoms with Crippen molar-refractivity contribution in [2.24, 2.45) is 7.05 Å². The molecule has 0 bridgehead atoms. The Morgan fingerprint density at radius 2 is 1.54 bits per heavy atom. The highest BCUT2D eigenvalue weighted by Crippen LogP contribution is 2.36. The molecule has 1 fully saturated rings. The standard InChI is InChI=1S/C47H48N6O4/c1-32-41(46(55)50(3)39-11-5-4-6-12-39)27-44(49(32)2)42-25-36-17-18-52(45(54)23-33-13-15-34(28-48)16-14-33)29-38(36)26-43(42)47(56)53-30-37-10-8-7-9-35(37)24-40(53)31-51-19-21-57-22-20-51/h4-16,25-27,40H,17-24,29-31H2,1-3H3/t40-/m0/s1. The SMILES string of the molecule is Cc1c(C(=O)N(C)c2ccccc2)cc(-c2cc3c(cc2C(=O)N2Cc4ccccc4C[C@H]2CN2CCOCC2)CN(C(=O)Cc2ccc(C#N)cc2)CC3)n1C. The van der Waals surface area contributed by atoms with Crippen molar-refractivity contribution in [1.82, 2.24) is 19.3 Å². The number of carbonyl (C=O) groups is 3. The number of anilines is 1. The Morgan fingerprint density at radius 1 is 0.825 bits per heavy atom. The molecule has 1 aromatic heterocycles. The van der Waals surface area contributed by atoms with Crippen LogP contribution in [0.25, 0.3) is 11.3 Å². The maximum atomic E-state index is 15.4. The topological polar surface area (TPSA) is 102 Å². The molecule has 0 N–H and O–H groups in total. The van der Waals surface area contributed by atoms with Gasteiger partial charge >= 0.3 is 0 Å². The first kappa shape index (κ1) is 37.9. The summed E-state index contributed by atoms with van der Waals surface area (Å²) in [4.78, 5) is 51.1. The molecule has 1 saturated heterocycles. The molecule has 3 aliphatic heterocycles. The average Bonchev–Trinajstić information content (AvgIpc) is 3.55. The number of amides is 3. The third-order valence-electron chi connectivity index (χ3n) is 12.1. The van der Waals surface area contributed by atoms with Crippen LogP contribution in [0.1, 0.15) is 59.8 Å². The van der Waals surface area contributed by atoms with Crippen molar-refractivity contribution in [2.45, 2.75) is 45.3 Å². The highest BCUT2D eigenvalue weighted by atomic mass is 16.5. The van der Waals surface area contributed by atoms with E-state index < -0.39 is 0 Å². The molecule has 3 amide bonds. The van der Waals surface area contributed by atoms with Gasteiger partial charge in [-0.2, -0.15) is 5.26 Å². The smallest absolute Gasteiger partial charge is 0.259 e. The lowest BCUT2D eigenvalue weighted by molar-refractivity contribution is -0.131. The van der Waals surface area contributed by atoms with Crippen molar-refractivity contribution in [1.29, 1.82) is 5.26 Å². The molecule has 10 nitrogen and oxygen atoms in total. The van der Waals surface area contributed by atoms with Gasteiger partial charge < -0.3 is 24.0 Å². The van der Waals surface area contributed by atoms with Crippen molar-refractivity contribution in [2.75, 3.05) is 51.3 Å². The fraction of sp³-hybridized carbons (Fsp3) is 0.319. The second-order valence-corrected chi connectivity index (χ2v) is 15.5. The van der Waals surface area contributed by atoms with Gasteiger partial charge in [0.2, 0.25) is 5.91 Å². The predicted octanol–water partition coefficient (Wildman–Crippen LogP) is 6.18. The Kier molecular flexibility index (Phi) is 10.8. The van der Waals surface area contributed by atoms with Crippen LogP contribution in [0.3, 0.4) is 0 Å². The van der Waals surface area contributed by atoms with Crippen molar-refractivity contribution in [3.63, 3.8) is 0 Å². The Hall–Kier alpha value is -6.02. The largest absolute Gasteiger partial charge is 0.379 e. The lowest BCUT2D eigenvalue weighted by Crippen LogP contribution is -2.52. The van der Waals surface area contributed by atoms with E-state index in [1.54, 1.807) is 24.1 Å². The van der Waals surface area contributed by atoms with Gasteiger partial charge in [-0.25, -0.2) is 0 Å². The molecule has 5 aromatic rings. The summed E-state index contributed by atoms with van der Waals surface area (Å²) in [7, 11) is 3.74. The minimum atomic E-state index is -0.124. The maximum Gasteiger partial charge on any atom is 0.259 e. The first-order valence-electron chi connectivity index (χ1n) is 19.8. The van der Waals surface area contributed by atoms with E-state index in [0.29, 0.717) is 56.0 Å². The Morgan fingerprint density at radius 3 is 2.28 bits per heavy atom. The zero-order valence-electron chi connectivity index (χ0n) is 32.9. The van der Waals surface area contributed by atoms with E-state index in [1.807, 2.05) is 89.0 Å². The summed E-state index contributed by atoms with van der Waals surface area (Å²) in [5.74, 6) is -0.181. The molecule has 8 rings (SSSR count). The van der Waals surface area contributed by atoms with Crippen LogP contribution in [0.5, 0.6) is 0 Å². The summed E-state index contributed by atoms with van der Waals surface area (Å²) in [6.45, 7) is 7.15. The quantitative estimate of drug-likeness (QED) is 0.188. The molecule has 4 heterocycles. The second-order valence-electron chi connectivity index (χ2n) is 15.5. The van der Waals surface area contributed by atoms with E-state index in [9.17, 15) is 14.9 Å². The van der Waals surface area contributed by atoms with E-state index in [4.69, 9.17) is 4.74 Å². The van der Waals surface area contributed by atoms with Crippen LogP contribution in [0.4, 0.5) is 5.69 Å². The van der Waals surface area contributed by atoms with Crippen LogP contribution >= 0.6 is 0 Å². The van der Waals surface area contributed by atoms with Gasteiger partial charge in [-0.3, -0.25) is 19.3 Å². The van der Waals surface area contributed by atoms with Gasteiger partial charge in [0, 0.05) is 87.6 Å². The summed E-state index contributed by atoms with van der Waals surface area (Å²) < 4.78 is 7.69. The highest BCUT2D eigenvalue weighted by molar-refractivity contribution is 6.08. The number of morpholine rings is 1. The molecule has 290 valence electrons. The minimum Gasteiger partial charge on any atom is -0.379 e. The molecule has 1 atom stereocenters. The molecule has 3 aliphatic rings. The monoisotopic (exact) mass is 760 g/mol. The number of para-hydroxylation sites is 1. The number of ether oxygens (including phenoxy) is 1. The lowest BCUT2D eigenvalue weighted by atomic mass is 9.89. The normalized spacial score (nSPS) is 16.7. The summed E-state index contributed by atoms with van der Waals surface area (Å²) in [6, 6.07) is 33.3. The Balaban J connectivity index is 1.18. The molecule has 0 unspecified atom stereocenters. The zero-order chi connectivity index (χ0) is 39.6. The molecule has 0 saturated carbocycles. The Labute approximate surface area is 334 Å². The van der Waals surface area contributed by atoms with Gasteiger partial charge in [-0.05, 0) is 90.0 Å². The van der Waals surface area contributed by atoms with Crippen LogP contribution in [0.2, 0.25) is 0 Å². The van der Waals surface area contributed by atoms with Crippen molar-refractivity contribution < 1.29 is 19.1 Å². The third kappa shape index (κ3) is 7.73. The molecule has 57 heavy (non-hydrogen) atoms. The number of nitriles is 1. The third-order valence-corrected chi connectivity index (χ3v) is 12.1.